The average molecular weight is 189 g/mol. The van der Waals surface area contributed by atoms with Crippen LogP contribution in [0, 0.1) is 5.92 Å². The quantitative estimate of drug-likeness (QED) is 0.628. The molecule has 2 unspecified atom stereocenters. The Morgan fingerprint density at radius 1 is 1.38 bits per heavy atom. The third-order valence-corrected chi connectivity index (χ3v) is 2.56. The number of rotatable bonds is 5. The van der Waals surface area contributed by atoms with Crippen LogP contribution in [-0.2, 0) is 14.2 Å². The average Bonchev–Trinajstić information content (AvgIpc) is 2.66. The highest BCUT2D eigenvalue weighted by atomic mass is 16.7. The van der Waals surface area contributed by atoms with Crippen LogP contribution in [-0.4, -0.2) is 46.8 Å². The van der Waals surface area contributed by atoms with Crippen LogP contribution in [0.3, 0.4) is 0 Å². The first kappa shape index (κ1) is 10.9. The molecule has 0 spiro atoms. The molecule has 0 aromatic heterocycles. The Bertz CT molecular complexity index is 131. The number of nitrogens with one attached hydrogen (secondary N) is 1. The lowest BCUT2D eigenvalue weighted by Gasteiger charge is -2.28. The number of hydrogen-bond donors (Lipinski definition) is 1. The molecular weight excluding hydrogens is 170 g/mol. The van der Waals surface area contributed by atoms with Gasteiger partial charge in [0.1, 0.15) is 0 Å². The van der Waals surface area contributed by atoms with Gasteiger partial charge in [-0.1, -0.05) is 0 Å². The monoisotopic (exact) mass is 189 g/mol. The highest BCUT2D eigenvalue weighted by Gasteiger charge is 2.31. The minimum Gasteiger partial charge on any atom is -0.381 e. The first-order valence-electron chi connectivity index (χ1n) is 4.64. The molecule has 4 heteroatoms. The van der Waals surface area contributed by atoms with Crippen LogP contribution in [0.1, 0.15) is 6.42 Å². The maximum Gasteiger partial charge on any atom is 0.172 e. The molecule has 1 fully saturated rings. The van der Waals surface area contributed by atoms with E-state index in [0.717, 1.165) is 19.6 Å². The second kappa shape index (κ2) is 5.54. The molecule has 1 rings (SSSR count). The van der Waals surface area contributed by atoms with E-state index in [1.54, 1.807) is 14.2 Å². The van der Waals surface area contributed by atoms with Gasteiger partial charge in [0, 0.05) is 26.7 Å². The molecule has 1 heterocycles. The Balaban J connectivity index is 2.48. The predicted octanol–water partition coefficient (Wildman–Crippen LogP) is 0.230. The standard InChI is InChI=1S/C9H19NO3/c1-10-8(9(11-2)12-3)7-4-5-13-6-7/h7-10H,4-6H2,1-3H3. The summed E-state index contributed by atoms with van der Waals surface area (Å²) < 4.78 is 15.8. The Hall–Kier alpha value is -0.160. The Labute approximate surface area is 79.5 Å². The first-order valence-corrected chi connectivity index (χ1v) is 4.64. The van der Waals surface area contributed by atoms with Gasteiger partial charge >= 0.3 is 0 Å². The molecule has 2 atom stereocenters. The highest BCUT2D eigenvalue weighted by Crippen LogP contribution is 2.20. The zero-order valence-corrected chi connectivity index (χ0v) is 8.58. The van der Waals surface area contributed by atoms with Gasteiger partial charge in [-0.3, -0.25) is 0 Å². The van der Waals surface area contributed by atoms with Gasteiger partial charge in [0.05, 0.1) is 12.6 Å². The van der Waals surface area contributed by atoms with E-state index in [-0.39, 0.29) is 12.3 Å². The molecule has 0 radical (unpaired) electrons. The van der Waals surface area contributed by atoms with Crippen molar-refractivity contribution in [3.8, 4) is 0 Å². The molecule has 13 heavy (non-hydrogen) atoms. The Morgan fingerprint density at radius 3 is 2.46 bits per heavy atom. The maximum absolute atomic E-state index is 5.33. The third kappa shape index (κ3) is 2.64. The van der Waals surface area contributed by atoms with Crippen molar-refractivity contribution in [2.45, 2.75) is 18.8 Å². The second-order valence-corrected chi connectivity index (χ2v) is 3.28. The molecule has 4 nitrogen and oxygen atoms in total. The fraction of sp³-hybridized carbons (Fsp3) is 1.00. The SMILES string of the molecule is CNC(C1CCOC1)C(OC)OC. The van der Waals surface area contributed by atoms with Gasteiger partial charge in [0.25, 0.3) is 0 Å². The van der Waals surface area contributed by atoms with Gasteiger partial charge in [-0.05, 0) is 13.5 Å². The van der Waals surface area contributed by atoms with Crippen LogP contribution < -0.4 is 5.32 Å². The largest absolute Gasteiger partial charge is 0.381 e. The van der Waals surface area contributed by atoms with Crippen molar-refractivity contribution in [1.82, 2.24) is 5.32 Å². The summed E-state index contributed by atoms with van der Waals surface area (Å²) in [6, 6.07) is 0.220. The minimum atomic E-state index is -0.184. The zero-order chi connectivity index (χ0) is 9.68. The summed E-state index contributed by atoms with van der Waals surface area (Å²) in [7, 11) is 5.25. The molecule has 0 aromatic rings. The molecule has 0 saturated carbocycles. The Morgan fingerprint density at radius 2 is 2.08 bits per heavy atom. The lowest BCUT2D eigenvalue weighted by molar-refractivity contribution is -0.131. The van der Waals surface area contributed by atoms with E-state index in [4.69, 9.17) is 14.2 Å². The molecule has 78 valence electrons. The van der Waals surface area contributed by atoms with Crippen molar-refractivity contribution in [3.05, 3.63) is 0 Å². The summed E-state index contributed by atoms with van der Waals surface area (Å²) in [5.74, 6) is 0.495. The molecule has 0 aliphatic carbocycles. The lowest BCUT2D eigenvalue weighted by atomic mass is 9.99. The summed E-state index contributed by atoms with van der Waals surface area (Å²) in [4.78, 5) is 0. The van der Waals surface area contributed by atoms with E-state index in [1.165, 1.54) is 0 Å². The van der Waals surface area contributed by atoms with Gasteiger partial charge in [-0.2, -0.15) is 0 Å². The normalized spacial score (nSPS) is 25.4. The summed E-state index contributed by atoms with van der Waals surface area (Å²) in [6.07, 6.45) is 0.894. The van der Waals surface area contributed by atoms with Gasteiger partial charge in [0.2, 0.25) is 0 Å². The fourth-order valence-corrected chi connectivity index (χ4v) is 1.82. The van der Waals surface area contributed by atoms with Crippen molar-refractivity contribution in [2.24, 2.45) is 5.92 Å². The van der Waals surface area contributed by atoms with Crippen LogP contribution in [0.15, 0.2) is 0 Å². The number of likely N-dealkylation sites (N-methyl/N-ethyl adjacent to an activating group) is 1. The fourth-order valence-electron chi connectivity index (χ4n) is 1.82. The summed E-state index contributed by atoms with van der Waals surface area (Å²) in [6.45, 7) is 1.65. The lowest BCUT2D eigenvalue weighted by Crippen LogP contribution is -2.45. The summed E-state index contributed by atoms with van der Waals surface area (Å²) in [5.41, 5.74) is 0. The molecule has 1 saturated heterocycles. The van der Waals surface area contributed by atoms with E-state index in [2.05, 4.69) is 5.32 Å². The van der Waals surface area contributed by atoms with Crippen LogP contribution in [0.4, 0.5) is 0 Å². The molecule has 1 aliphatic rings. The summed E-state index contributed by atoms with van der Waals surface area (Å²) in [5, 5.41) is 3.22. The van der Waals surface area contributed by atoms with Crippen LogP contribution in [0.25, 0.3) is 0 Å². The number of hydrogen-bond acceptors (Lipinski definition) is 4. The Kier molecular flexibility index (Phi) is 4.66. The van der Waals surface area contributed by atoms with Crippen molar-refractivity contribution < 1.29 is 14.2 Å². The van der Waals surface area contributed by atoms with E-state index in [9.17, 15) is 0 Å². The number of ether oxygens (including phenoxy) is 3. The van der Waals surface area contributed by atoms with E-state index in [0.29, 0.717) is 5.92 Å². The number of methoxy groups -OCH3 is 2. The first-order chi connectivity index (χ1) is 6.33. The maximum atomic E-state index is 5.33. The predicted molar refractivity (Wildman–Crippen MR) is 49.6 cm³/mol. The van der Waals surface area contributed by atoms with Crippen molar-refractivity contribution in [2.75, 3.05) is 34.5 Å². The minimum absolute atomic E-state index is 0.184. The molecule has 0 bridgehead atoms. The van der Waals surface area contributed by atoms with E-state index >= 15 is 0 Å². The van der Waals surface area contributed by atoms with Gasteiger partial charge < -0.3 is 19.5 Å². The van der Waals surface area contributed by atoms with Crippen molar-refractivity contribution in [3.63, 3.8) is 0 Å². The molecular formula is C9H19NO3. The highest BCUT2D eigenvalue weighted by molar-refractivity contribution is 4.80. The van der Waals surface area contributed by atoms with Gasteiger partial charge in [0.15, 0.2) is 6.29 Å². The molecule has 0 amide bonds. The topological polar surface area (TPSA) is 39.7 Å². The van der Waals surface area contributed by atoms with Crippen molar-refractivity contribution >= 4 is 0 Å². The second-order valence-electron chi connectivity index (χ2n) is 3.28. The van der Waals surface area contributed by atoms with E-state index in [1.807, 2.05) is 7.05 Å². The van der Waals surface area contributed by atoms with Gasteiger partial charge in [-0.15, -0.1) is 0 Å². The molecule has 1 N–H and O–H groups in total. The third-order valence-electron chi connectivity index (χ3n) is 2.56. The van der Waals surface area contributed by atoms with Crippen LogP contribution in [0.5, 0.6) is 0 Å². The van der Waals surface area contributed by atoms with Crippen LogP contribution >= 0.6 is 0 Å². The molecule has 0 aromatic carbocycles. The zero-order valence-electron chi connectivity index (χ0n) is 8.58. The smallest absolute Gasteiger partial charge is 0.172 e. The van der Waals surface area contributed by atoms with Gasteiger partial charge in [-0.25, -0.2) is 0 Å². The van der Waals surface area contributed by atoms with Crippen molar-refractivity contribution in [1.29, 1.82) is 0 Å². The molecule has 1 aliphatic heterocycles. The van der Waals surface area contributed by atoms with Crippen LogP contribution in [0.2, 0.25) is 0 Å². The van der Waals surface area contributed by atoms with E-state index < -0.39 is 0 Å². The summed E-state index contributed by atoms with van der Waals surface area (Å²) >= 11 is 0.